The number of aliphatic hydroxyl groups is 2. The van der Waals surface area contributed by atoms with Crippen LogP contribution in [0.25, 0.3) is 0 Å². The number of amides is 2. The standard InChI is InChI=1S/C48H74N2O16S/c1-11-48(9,10)23-35(51)21-33-20-34(26-64-16-17-67(61,62)63)50(44(33)57)24-36(52)22-37(27(2)3)43(56)49-29(5)38(53)19-30-12-13-32(25-65-46(60)47(6,7)8)31(18-30)14-15-39-28(4)40(54)41(55)42(66-39)45(58)59/h12-13,18,27-29,33-34,37,39-42,54-55H,11,14-17,19-26H2,1-10H3,(H,49,56)(H,58,59)(H,61,62,63)/t28-,29-,33+,34-,37-,39-,40+,41-,42-/m0/s1. The van der Waals surface area contributed by atoms with E-state index in [1.165, 1.54) is 11.8 Å². The van der Waals surface area contributed by atoms with Crippen LogP contribution in [0.15, 0.2) is 18.2 Å². The third kappa shape index (κ3) is 17.4. The highest BCUT2D eigenvalue weighted by Crippen LogP contribution is 2.33. The number of ether oxygens (including phenoxy) is 3. The molecule has 1 aromatic rings. The Hall–Kier alpha value is -4.14. The Morgan fingerprint density at radius 1 is 0.985 bits per heavy atom. The van der Waals surface area contributed by atoms with E-state index in [1.54, 1.807) is 59.7 Å². The number of nitrogens with zero attached hydrogens (tertiary/aromatic N) is 1. The molecule has 2 heterocycles. The van der Waals surface area contributed by atoms with Crippen molar-refractivity contribution in [1.82, 2.24) is 10.2 Å². The average Bonchev–Trinajstić information content (AvgIpc) is 3.50. The van der Waals surface area contributed by atoms with Gasteiger partial charge in [0.25, 0.3) is 10.1 Å². The highest BCUT2D eigenvalue weighted by atomic mass is 32.2. The first-order valence-corrected chi connectivity index (χ1v) is 24.8. The lowest BCUT2D eigenvalue weighted by atomic mass is 9.82. The summed E-state index contributed by atoms with van der Waals surface area (Å²) in [6, 6.07) is 3.52. The van der Waals surface area contributed by atoms with Gasteiger partial charge in [-0.3, -0.25) is 33.3 Å². The number of carboxylic acid groups (broad SMARTS) is 1. The zero-order valence-corrected chi connectivity index (χ0v) is 41.6. The number of carbonyl (C=O) groups excluding carboxylic acids is 6. The molecular formula is C48H74N2O16S. The molecule has 19 heteroatoms. The lowest BCUT2D eigenvalue weighted by molar-refractivity contribution is -0.210. The highest BCUT2D eigenvalue weighted by Gasteiger charge is 2.46. The minimum atomic E-state index is -4.30. The Balaban J connectivity index is 1.73. The molecule has 18 nitrogen and oxygen atoms in total. The number of hydrogen-bond donors (Lipinski definition) is 5. The van der Waals surface area contributed by atoms with Crippen LogP contribution in [0.4, 0.5) is 0 Å². The minimum Gasteiger partial charge on any atom is -0.479 e. The number of ketones is 3. The van der Waals surface area contributed by atoms with Crippen LogP contribution < -0.4 is 5.32 Å². The molecule has 5 N–H and O–H groups in total. The SMILES string of the molecule is CCC(C)(C)CC(=O)C[C@H]1C[C@@H](COCCS(=O)(=O)O)N(CC(=O)C[C@H](C(=O)N[C@@H](C)C(=O)Cc2ccc(COC(=O)C(C)(C)C)c(CC[C@@H]3O[C@H](C(=O)O)[C@@H](O)[C@H](O)[C@H]3C)c2)C(C)C)C1=O. The quantitative estimate of drug-likeness (QED) is 0.0503. The fourth-order valence-electron chi connectivity index (χ4n) is 8.24. The topological polar surface area (TPSA) is 278 Å². The van der Waals surface area contributed by atoms with Gasteiger partial charge in [-0.25, -0.2) is 4.79 Å². The molecule has 3 rings (SSSR count). The molecule has 0 unspecified atom stereocenters. The highest BCUT2D eigenvalue weighted by molar-refractivity contribution is 7.85. The maximum atomic E-state index is 13.7. The normalized spacial score (nSPS) is 23.5. The van der Waals surface area contributed by atoms with Crippen LogP contribution in [0.3, 0.4) is 0 Å². The van der Waals surface area contributed by atoms with Gasteiger partial charge in [0.15, 0.2) is 17.7 Å². The lowest BCUT2D eigenvalue weighted by Gasteiger charge is -2.40. The van der Waals surface area contributed by atoms with Crippen LogP contribution in [0, 0.1) is 34.5 Å². The Morgan fingerprint density at radius 2 is 1.64 bits per heavy atom. The minimum absolute atomic E-state index is 0.0315. The van der Waals surface area contributed by atoms with Gasteiger partial charge in [-0.2, -0.15) is 8.42 Å². The Labute approximate surface area is 395 Å². The molecule has 0 spiro atoms. The van der Waals surface area contributed by atoms with Gasteiger partial charge in [0.1, 0.15) is 18.5 Å². The number of aliphatic hydroxyl groups excluding tert-OH is 2. The van der Waals surface area contributed by atoms with E-state index < -0.39 is 105 Å². The molecule has 0 aromatic heterocycles. The third-order valence-corrected chi connectivity index (χ3v) is 13.7. The number of hydrogen-bond acceptors (Lipinski definition) is 14. The Bertz CT molecular complexity index is 2050. The molecule has 2 amide bonds. The van der Waals surface area contributed by atoms with E-state index in [-0.39, 0.29) is 94.2 Å². The smallest absolute Gasteiger partial charge is 0.335 e. The second kappa shape index (κ2) is 24.4. The number of aliphatic carboxylic acids is 1. The molecular weight excluding hydrogens is 893 g/mol. The molecule has 9 atom stereocenters. The van der Waals surface area contributed by atoms with Gasteiger partial charge in [-0.05, 0) is 75.0 Å². The zero-order chi connectivity index (χ0) is 50.8. The second-order valence-corrected chi connectivity index (χ2v) is 22.1. The van der Waals surface area contributed by atoms with Gasteiger partial charge in [0.05, 0.1) is 55.2 Å². The molecule has 2 aliphatic rings. The number of carbonyl (C=O) groups is 7. The van der Waals surface area contributed by atoms with Gasteiger partial charge in [0, 0.05) is 43.4 Å². The number of carboxylic acids is 1. The van der Waals surface area contributed by atoms with Crippen molar-refractivity contribution >= 4 is 51.2 Å². The first kappa shape index (κ1) is 57.2. The van der Waals surface area contributed by atoms with Crippen LogP contribution in [-0.4, -0.2) is 136 Å². The van der Waals surface area contributed by atoms with Gasteiger partial charge in [0.2, 0.25) is 11.8 Å². The first-order valence-electron chi connectivity index (χ1n) is 23.2. The molecule has 0 saturated carbocycles. The molecule has 0 bridgehead atoms. The van der Waals surface area contributed by atoms with Crippen molar-refractivity contribution in [3.63, 3.8) is 0 Å². The van der Waals surface area contributed by atoms with Crippen molar-refractivity contribution in [2.24, 2.45) is 34.5 Å². The Morgan fingerprint density at radius 3 is 2.22 bits per heavy atom. The third-order valence-electron chi connectivity index (χ3n) is 13.0. The zero-order valence-electron chi connectivity index (χ0n) is 40.7. The van der Waals surface area contributed by atoms with Crippen molar-refractivity contribution < 1.29 is 76.1 Å². The molecule has 2 saturated heterocycles. The molecule has 1 aromatic carbocycles. The molecule has 2 fully saturated rings. The van der Waals surface area contributed by atoms with Gasteiger partial charge in [-0.1, -0.05) is 66.2 Å². The fraction of sp³-hybridized carbons (Fsp3) is 0.729. The predicted octanol–water partition coefficient (Wildman–Crippen LogP) is 3.67. The Kier molecular flexibility index (Phi) is 20.8. The average molecular weight is 967 g/mol. The van der Waals surface area contributed by atoms with E-state index in [4.69, 9.17) is 18.8 Å². The van der Waals surface area contributed by atoms with E-state index in [0.717, 1.165) is 6.42 Å². The summed E-state index contributed by atoms with van der Waals surface area (Å²) in [5.41, 5.74) is 0.837. The first-order chi connectivity index (χ1) is 30.9. The van der Waals surface area contributed by atoms with Gasteiger partial charge < -0.3 is 39.7 Å². The van der Waals surface area contributed by atoms with E-state index in [0.29, 0.717) is 16.7 Å². The number of aryl methyl sites for hydroxylation is 1. The van der Waals surface area contributed by atoms with Gasteiger partial charge >= 0.3 is 11.9 Å². The molecule has 2 aliphatic heterocycles. The van der Waals surface area contributed by atoms with E-state index in [9.17, 15) is 57.3 Å². The van der Waals surface area contributed by atoms with Crippen molar-refractivity contribution in [2.45, 2.75) is 164 Å². The molecule has 0 aliphatic carbocycles. The summed E-state index contributed by atoms with van der Waals surface area (Å²) < 4.78 is 48.4. The molecule has 378 valence electrons. The summed E-state index contributed by atoms with van der Waals surface area (Å²) >= 11 is 0. The van der Waals surface area contributed by atoms with Crippen LogP contribution >= 0.6 is 0 Å². The van der Waals surface area contributed by atoms with Crippen LogP contribution in [0.5, 0.6) is 0 Å². The van der Waals surface area contributed by atoms with Crippen LogP contribution in [0.1, 0.15) is 124 Å². The number of esters is 1. The number of rotatable bonds is 26. The number of benzene rings is 1. The summed E-state index contributed by atoms with van der Waals surface area (Å²) in [6.07, 6.45) is -4.04. The number of likely N-dealkylation sites (tertiary alicyclic amines) is 1. The summed E-state index contributed by atoms with van der Waals surface area (Å²) in [6.45, 7) is 16.8. The van der Waals surface area contributed by atoms with E-state index in [2.05, 4.69) is 5.32 Å². The van der Waals surface area contributed by atoms with E-state index in [1.807, 2.05) is 20.8 Å². The second-order valence-electron chi connectivity index (χ2n) is 20.6. The maximum Gasteiger partial charge on any atom is 0.335 e. The van der Waals surface area contributed by atoms with Crippen LogP contribution in [-0.2, 0) is 77.3 Å². The largest absolute Gasteiger partial charge is 0.479 e. The van der Waals surface area contributed by atoms with Crippen LogP contribution in [0.2, 0.25) is 0 Å². The predicted molar refractivity (Wildman–Crippen MR) is 245 cm³/mol. The van der Waals surface area contributed by atoms with Crippen molar-refractivity contribution in [3.05, 3.63) is 34.9 Å². The summed E-state index contributed by atoms with van der Waals surface area (Å²) in [4.78, 5) is 93.5. The number of Topliss-reactive ketones (excluding diaryl/α,β-unsaturated/α-hetero) is 3. The lowest BCUT2D eigenvalue weighted by Crippen LogP contribution is -2.56. The fourth-order valence-corrected chi connectivity index (χ4v) is 8.57. The summed E-state index contributed by atoms with van der Waals surface area (Å²) in [7, 11) is -4.30. The van der Waals surface area contributed by atoms with E-state index >= 15 is 0 Å². The maximum absolute atomic E-state index is 13.7. The molecule has 67 heavy (non-hydrogen) atoms. The molecule has 0 radical (unpaired) electrons. The van der Waals surface area contributed by atoms with Crippen molar-refractivity contribution in [2.75, 3.05) is 25.5 Å². The van der Waals surface area contributed by atoms with Crippen molar-refractivity contribution in [1.29, 1.82) is 0 Å². The van der Waals surface area contributed by atoms with Gasteiger partial charge in [-0.15, -0.1) is 0 Å². The summed E-state index contributed by atoms with van der Waals surface area (Å²) in [5, 5.41) is 33.2. The van der Waals surface area contributed by atoms with Crippen molar-refractivity contribution in [3.8, 4) is 0 Å². The summed E-state index contributed by atoms with van der Waals surface area (Å²) in [5.74, 6) is -6.95. The monoisotopic (exact) mass is 966 g/mol. The number of nitrogens with one attached hydrogen (secondary N) is 1.